The molecular weight excluding hydrogens is 302 g/mol. The molecule has 0 amide bonds. The number of rotatable bonds is 2. The molecule has 3 nitrogen and oxygen atoms in total. The average molecular weight is 318 g/mol. The first-order valence-electron chi connectivity index (χ1n) is 6.96. The van der Waals surface area contributed by atoms with E-state index in [-0.39, 0.29) is 12.4 Å². The summed E-state index contributed by atoms with van der Waals surface area (Å²) in [6.07, 6.45) is 4.30. The summed E-state index contributed by atoms with van der Waals surface area (Å²) in [6.45, 7) is 1.10. The van der Waals surface area contributed by atoms with E-state index < -0.39 is 0 Å². The van der Waals surface area contributed by atoms with Crippen LogP contribution in [0.4, 0.5) is 0 Å². The minimum absolute atomic E-state index is 0. The molecule has 1 saturated heterocycles. The quantitative estimate of drug-likeness (QED) is 0.769. The Morgan fingerprint density at radius 2 is 2.00 bits per heavy atom. The van der Waals surface area contributed by atoms with Crippen molar-refractivity contribution < 1.29 is 0 Å². The third kappa shape index (κ3) is 2.67. The lowest BCUT2D eigenvalue weighted by molar-refractivity contribution is 0.644. The zero-order valence-electron chi connectivity index (χ0n) is 11.5. The summed E-state index contributed by atoms with van der Waals surface area (Å²) in [7, 11) is 0. The molecule has 0 spiro atoms. The molecule has 1 atom stereocenters. The zero-order valence-corrected chi connectivity index (χ0v) is 13.1. The van der Waals surface area contributed by atoms with Gasteiger partial charge in [0.25, 0.3) is 0 Å². The van der Waals surface area contributed by atoms with Gasteiger partial charge in [-0.25, -0.2) is 9.97 Å². The van der Waals surface area contributed by atoms with Crippen molar-refractivity contribution >= 4 is 34.1 Å². The Kier molecular flexibility index (Phi) is 4.19. The smallest absolute Gasteiger partial charge is 0.144 e. The predicted molar refractivity (Wildman–Crippen MR) is 90.1 cm³/mol. The molecule has 21 heavy (non-hydrogen) atoms. The van der Waals surface area contributed by atoms with Crippen molar-refractivity contribution in [1.82, 2.24) is 15.3 Å². The van der Waals surface area contributed by atoms with E-state index in [4.69, 9.17) is 4.98 Å². The second kappa shape index (κ2) is 6.10. The third-order valence-corrected chi connectivity index (χ3v) is 4.83. The Hall–Kier alpha value is -1.49. The number of aromatic nitrogens is 2. The van der Waals surface area contributed by atoms with Crippen LogP contribution in [0.25, 0.3) is 21.5 Å². The molecule has 1 aliphatic rings. The van der Waals surface area contributed by atoms with Gasteiger partial charge in [0.15, 0.2) is 0 Å². The van der Waals surface area contributed by atoms with Gasteiger partial charge in [0.2, 0.25) is 0 Å². The van der Waals surface area contributed by atoms with Crippen molar-refractivity contribution in [3.63, 3.8) is 0 Å². The highest BCUT2D eigenvalue weighted by atomic mass is 35.5. The Morgan fingerprint density at radius 3 is 2.76 bits per heavy atom. The molecule has 108 valence electrons. The van der Waals surface area contributed by atoms with Crippen LogP contribution in [0.1, 0.15) is 23.9 Å². The molecule has 1 aromatic carbocycles. The number of nitrogens with one attached hydrogen (secondary N) is 1. The normalized spacial score (nSPS) is 17.8. The highest BCUT2D eigenvalue weighted by Gasteiger charge is 2.21. The fraction of sp³-hybridized carbons (Fsp3) is 0.250. The van der Waals surface area contributed by atoms with Crippen molar-refractivity contribution in [2.45, 2.75) is 18.9 Å². The molecular formula is C16H16ClN3S. The summed E-state index contributed by atoms with van der Waals surface area (Å²) in [5, 5.41) is 4.69. The van der Waals surface area contributed by atoms with Gasteiger partial charge >= 0.3 is 0 Å². The molecule has 0 radical (unpaired) electrons. The van der Waals surface area contributed by atoms with E-state index in [2.05, 4.69) is 40.6 Å². The molecule has 0 aliphatic carbocycles. The number of nitrogens with zero attached hydrogens (tertiary/aromatic N) is 2. The summed E-state index contributed by atoms with van der Waals surface area (Å²) < 4.78 is 0. The summed E-state index contributed by atoms with van der Waals surface area (Å²) in [5.41, 5.74) is 3.42. The first-order valence-corrected chi connectivity index (χ1v) is 7.78. The fourth-order valence-corrected chi connectivity index (χ4v) is 3.79. The summed E-state index contributed by atoms with van der Waals surface area (Å²) in [6, 6.07) is 12.9. The second-order valence-corrected chi connectivity index (χ2v) is 6.09. The first-order chi connectivity index (χ1) is 9.92. The molecule has 2 aromatic heterocycles. The molecule has 3 heterocycles. The number of fused-ring (bicyclic) bond motifs is 1. The van der Waals surface area contributed by atoms with E-state index >= 15 is 0 Å². The molecule has 0 bridgehead atoms. The van der Waals surface area contributed by atoms with E-state index in [1.165, 1.54) is 29.0 Å². The van der Waals surface area contributed by atoms with Crippen molar-refractivity contribution in [3.05, 3.63) is 47.6 Å². The summed E-state index contributed by atoms with van der Waals surface area (Å²) >= 11 is 1.72. The molecule has 0 saturated carbocycles. The maximum atomic E-state index is 4.86. The maximum absolute atomic E-state index is 4.86. The van der Waals surface area contributed by atoms with Gasteiger partial charge in [0.1, 0.15) is 15.4 Å². The van der Waals surface area contributed by atoms with Gasteiger partial charge in [-0.3, -0.25) is 0 Å². The largest absolute Gasteiger partial charge is 0.308 e. The highest BCUT2D eigenvalue weighted by Crippen LogP contribution is 2.34. The van der Waals surface area contributed by atoms with Gasteiger partial charge < -0.3 is 5.32 Å². The molecule has 1 fully saturated rings. The van der Waals surface area contributed by atoms with Crippen LogP contribution in [0.3, 0.4) is 0 Å². The standard InChI is InChI=1S/C16H15N3S.ClH/c1-2-5-11(6-3-1)12-8-10-18-16-14(12)19-15(20-16)13-7-4-9-17-13;/h1-3,5-6,8,10,13,17H,4,7,9H2;1H. The van der Waals surface area contributed by atoms with Gasteiger partial charge in [0.05, 0.1) is 6.04 Å². The molecule has 1 N–H and O–H groups in total. The SMILES string of the molecule is Cl.c1ccc(-c2ccnc3sc(C4CCCN4)nc23)cc1. The van der Waals surface area contributed by atoms with Crippen LogP contribution in [-0.2, 0) is 0 Å². The Bertz CT molecular complexity index is 736. The van der Waals surface area contributed by atoms with E-state index in [1.807, 2.05) is 12.3 Å². The van der Waals surface area contributed by atoms with Crippen LogP contribution >= 0.6 is 23.7 Å². The Morgan fingerprint density at radius 1 is 1.14 bits per heavy atom. The van der Waals surface area contributed by atoms with Crippen molar-refractivity contribution in [2.24, 2.45) is 0 Å². The van der Waals surface area contributed by atoms with E-state index in [0.717, 1.165) is 16.9 Å². The van der Waals surface area contributed by atoms with E-state index in [1.54, 1.807) is 11.3 Å². The second-order valence-electron chi connectivity index (χ2n) is 5.08. The third-order valence-electron chi connectivity index (χ3n) is 3.76. The van der Waals surface area contributed by atoms with Gasteiger partial charge in [-0.1, -0.05) is 41.7 Å². The summed E-state index contributed by atoms with van der Waals surface area (Å²) in [5.74, 6) is 0. The number of thiazole rings is 1. The molecule has 3 aromatic rings. The first kappa shape index (κ1) is 14.4. The highest BCUT2D eigenvalue weighted by molar-refractivity contribution is 7.18. The van der Waals surface area contributed by atoms with Gasteiger partial charge in [-0.15, -0.1) is 12.4 Å². The van der Waals surface area contributed by atoms with E-state index in [9.17, 15) is 0 Å². The van der Waals surface area contributed by atoms with Crippen LogP contribution < -0.4 is 5.32 Å². The van der Waals surface area contributed by atoms with Crippen LogP contribution in [0.5, 0.6) is 0 Å². The lowest BCUT2D eigenvalue weighted by Crippen LogP contribution is -2.12. The van der Waals surface area contributed by atoms with E-state index in [0.29, 0.717) is 6.04 Å². The molecule has 1 unspecified atom stereocenters. The number of halogens is 1. The lowest BCUT2D eigenvalue weighted by Gasteiger charge is -2.04. The Balaban J connectivity index is 0.00000132. The molecule has 5 heteroatoms. The van der Waals surface area contributed by atoms with Crippen molar-refractivity contribution in [2.75, 3.05) is 6.54 Å². The van der Waals surface area contributed by atoms with Gasteiger partial charge in [0, 0.05) is 11.8 Å². The van der Waals surface area contributed by atoms with Crippen LogP contribution in [-0.4, -0.2) is 16.5 Å². The van der Waals surface area contributed by atoms with Crippen molar-refractivity contribution in [1.29, 1.82) is 0 Å². The van der Waals surface area contributed by atoms with Gasteiger partial charge in [-0.2, -0.15) is 0 Å². The number of benzene rings is 1. The topological polar surface area (TPSA) is 37.8 Å². The minimum Gasteiger partial charge on any atom is -0.308 e. The minimum atomic E-state index is 0. The van der Waals surface area contributed by atoms with Crippen LogP contribution in [0.15, 0.2) is 42.6 Å². The lowest BCUT2D eigenvalue weighted by atomic mass is 10.1. The number of hydrogen-bond donors (Lipinski definition) is 1. The molecule has 4 rings (SSSR count). The Labute approximate surface area is 133 Å². The maximum Gasteiger partial charge on any atom is 0.144 e. The average Bonchev–Trinajstić information content (AvgIpc) is 3.16. The number of hydrogen-bond acceptors (Lipinski definition) is 4. The van der Waals surface area contributed by atoms with Crippen molar-refractivity contribution in [3.8, 4) is 11.1 Å². The molecule has 1 aliphatic heterocycles. The zero-order chi connectivity index (χ0) is 13.4. The predicted octanol–water partition coefficient (Wildman–Crippen LogP) is 4.20. The summed E-state index contributed by atoms with van der Waals surface area (Å²) in [4.78, 5) is 10.4. The fourth-order valence-electron chi connectivity index (χ4n) is 2.74. The number of pyridine rings is 1. The van der Waals surface area contributed by atoms with Gasteiger partial charge in [-0.05, 0) is 31.0 Å². The monoisotopic (exact) mass is 317 g/mol. The van der Waals surface area contributed by atoms with Crippen LogP contribution in [0, 0.1) is 0 Å². The van der Waals surface area contributed by atoms with Crippen LogP contribution in [0.2, 0.25) is 0 Å².